The number of hydrogen-bond donors (Lipinski definition) is 1. The third-order valence-corrected chi connectivity index (χ3v) is 3.82. The van der Waals surface area contributed by atoms with E-state index in [9.17, 15) is 9.90 Å². The summed E-state index contributed by atoms with van der Waals surface area (Å²) in [6, 6.07) is 0. The van der Waals surface area contributed by atoms with Crippen molar-refractivity contribution in [2.24, 2.45) is 5.92 Å². The van der Waals surface area contributed by atoms with E-state index in [-0.39, 0.29) is 11.7 Å². The molecule has 2 heterocycles. The molecule has 13 heavy (non-hydrogen) atoms. The first-order valence-electron chi connectivity index (χ1n) is 4.82. The van der Waals surface area contributed by atoms with Gasteiger partial charge in [-0.3, -0.25) is 4.79 Å². The molecule has 0 saturated carbocycles. The van der Waals surface area contributed by atoms with Crippen LogP contribution in [0, 0.1) is 5.92 Å². The van der Waals surface area contributed by atoms with Crippen LogP contribution in [0.2, 0.25) is 0 Å². The van der Waals surface area contributed by atoms with Gasteiger partial charge in [-0.2, -0.15) is 0 Å². The molecule has 0 radical (unpaired) electrons. The molecule has 2 fully saturated rings. The second-order valence-corrected chi connectivity index (χ2v) is 4.68. The molecule has 0 spiro atoms. The Bertz CT molecular complexity index is 263. The normalized spacial score (nSPS) is 55.5. The Morgan fingerprint density at radius 1 is 1.54 bits per heavy atom. The Morgan fingerprint density at radius 2 is 2.15 bits per heavy atom. The summed E-state index contributed by atoms with van der Waals surface area (Å²) in [4.78, 5) is 11.6. The van der Waals surface area contributed by atoms with E-state index in [4.69, 9.17) is 4.74 Å². The number of hydrogen-bond acceptors (Lipinski definition) is 3. The van der Waals surface area contributed by atoms with Crippen molar-refractivity contribution in [1.82, 2.24) is 0 Å². The van der Waals surface area contributed by atoms with E-state index in [1.54, 1.807) is 6.92 Å². The van der Waals surface area contributed by atoms with E-state index in [0.29, 0.717) is 12.8 Å². The summed E-state index contributed by atoms with van der Waals surface area (Å²) in [6.07, 6.45) is 0.672. The molecule has 0 aromatic heterocycles. The van der Waals surface area contributed by atoms with E-state index >= 15 is 0 Å². The molecule has 74 valence electrons. The van der Waals surface area contributed by atoms with Crippen molar-refractivity contribution in [3.8, 4) is 0 Å². The molecule has 2 aliphatic heterocycles. The fourth-order valence-electron chi connectivity index (χ4n) is 2.59. The molecule has 0 amide bonds. The zero-order valence-electron chi connectivity index (χ0n) is 8.33. The van der Waals surface area contributed by atoms with Crippen molar-refractivity contribution in [1.29, 1.82) is 0 Å². The van der Waals surface area contributed by atoms with Crippen molar-refractivity contribution in [2.75, 3.05) is 0 Å². The quantitative estimate of drug-likeness (QED) is 0.608. The number of rotatable bonds is 0. The summed E-state index contributed by atoms with van der Waals surface area (Å²) in [7, 11) is 0. The molecule has 1 N–H and O–H groups in total. The van der Waals surface area contributed by atoms with Crippen molar-refractivity contribution >= 4 is 5.78 Å². The number of ketones is 1. The highest BCUT2D eigenvalue weighted by atomic mass is 16.6. The molecular formula is C10H16O3. The minimum Gasteiger partial charge on any atom is -0.390 e. The number of ether oxygens (including phenoxy) is 1. The van der Waals surface area contributed by atoms with Crippen LogP contribution in [0.4, 0.5) is 0 Å². The standard InChI is InChI=1S/C10H16O3/c1-6-8(12)9(2)5-4-7(11)10(6,3)13-9/h6,8,12H,4-5H2,1-3H3/t6-,8-,9+,10+/m1/s1. The number of Topliss-reactive ketones (excluding diaryl/α,β-unsaturated/α-hetero) is 1. The average molecular weight is 184 g/mol. The van der Waals surface area contributed by atoms with Gasteiger partial charge in [-0.1, -0.05) is 6.92 Å². The fraction of sp³-hybridized carbons (Fsp3) is 0.900. The highest BCUT2D eigenvalue weighted by Crippen LogP contribution is 2.49. The second kappa shape index (κ2) is 2.34. The number of fused-ring (bicyclic) bond motifs is 2. The van der Waals surface area contributed by atoms with Gasteiger partial charge in [0.15, 0.2) is 5.78 Å². The molecule has 3 heteroatoms. The number of aliphatic hydroxyl groups is 1. The monoisotopic (exact) mass is 184 g/mol. The van der Waals surface area contributed by atoms with Gasteiger partial charge < -0.3 is 9.84 Å². The minimum atomic E-state index is -0.744. The fourth-order valence-corrected chi connectivity index (χ4v) is 2.59. The predicted octanol–water partition coefficient (Wildman–Crippen LogP) is 0.894. The van der Waals surface area contributed by atoms with Gasteiger partial charge in [-0.05, 0) is 20.3 Å². The number of carbonyl (C=O) groups excluding carboxylic acids is 1. The van der Waals surface area contributed by atoms with Crippen molar-refractivity contribution < 1.29 is 14.6 Å². The van der Waals surface area contributed by atoms with E-state index < -0.39 is 17.3 Å². The van der Waals surface area contributed by atoms with Gasteiger partial charge in [0.1, 0.15) is 5.60 Å². The SMILES string of the molecule is C[C@@H]1[C@@H](O)[C@]2(C)CCC(=O)[C@@]1(C)O2. The molecule has 2 rings (SSSR count). The summed E-state index contributed by atoms with van der Waals surface area (Å²) in [5.74, 6) is 0.0431. The molecule has 0 unspecified atom stereocenters. The summed E-state index contributed by atoms with van der Waals surface area (Å²) < 4.78 is 5.71. The molecule has 3 nitrogen and oxygen atoms in total. The van der Waals surface area contributed by atoms with Gasteiger partial charge >= 0.3 is 0 Å². The summed E-state index contributed by atoms with van der Waals surface area (Å²) in [6.45, 7) is 5.58. The second-order valence-electron chi connectivity index (χ2n) is 4.68. The molecular weight excluding hydrogens is 168 g/mol. The topological polar surface area (TPSA) is 46.5 Å². The van der Waals surface area contributed by atoms with Crippen LogP contribution in [0.1, 0.15) is 33.6 Å². The van der Waals surface area contributed by atoms with Crippen LogP contribution < -0.4 is 0 Å². The highest BCUT2D eigenvalue weighted by molar-refractivity contribution is 5.89. The smallest absolute Gasteiger partial charge is 0.164 e. The molecule has 2 saturated heterocycles. The summed E-state index contributed by atoms with van der Waals surface area (Å²) in [5.41, 5.74) is -1.24. The van der Waals surface area contributed by atoms with E-state index in [0.717, 1.165) is 0 Å². The lowest BCUT2D eigenvalue weighted by atomic mass is 9.85. The maximum absolute atomic E-state index is 11.6. The zero-order chi connectivity index (χ0) is 9.85. The molecule has 2 bridgehead atoms. The molecule has 0 aromatic carbocycles. The van der Waals surface area contributed by atoms with E-state index in [1.807, 2.05) is 13.8 Å². The maximum atomic E-state index is 11.6. The third-order valence-electron chi connectivity index (χ3n) is 3.82. The number of aliphatic hydroxyl groups excluding tert-OH is 1. The van der Waals surface area contributed by atoms with Gasteiger partial charge in [0.25, 0.3) is 0 Å². The first kappa shape index (κ1) is 9.16. The predicted molar refractivity (Wildman–Crippen MR) is 47.3 cm³/mol. The Morgan fingerprint density at radius 3 is 2.69 bits per heavy atom. The Hall–Kier alpha value is -0.410. The number of carbonyl (C=O) groups is 1. The van der Waals surface area contributed by atoms with E-state index in [2.05, 4.69) is 0 Å². The van der Waals surface area contributed by atoms with E-state index in [1.165, 1.54) is 0 Å². The largest absolute Gasteiger partial charge is 0.390 e. The molecule has 2 aliphatic rings. The van der Waals surface area contributed by atoms with Crippen LogP contribution in [0.3, 0.4) is 0 Å². The van der Waals surface area contributed by atoms with Gasteiger partial charge in [-0.15, -0.1) is 0 Å². The third kappa shape index (κ3) is 0.945. The lowest BCUT2D eigenvalue weighted by molar-refractivity contribution is -0.168. The van der Waals surface area contributed by atoms with Crippen LogP contribution in [0.15, 0.2) is 0 Å². The lowest BCUT2D eigenvalue weighted by Gasteiger charge is -2.35. The Kier molecular flexibility index (Phi) is 1.65. The Labute approximate surface area is 78.1 Å². The first-order chi connectivity index (χ1) is 5.90. The zero-order valence-corrected chi connectivity index (χ0v) is 8.33. The Balaban J connectivity index is 2.43. The van der Waals surface area contributed by atoms with Crippen molar-refractivity contribution in [2.45, 2.75) is 50.9 Å². The van der Waals surface area contributed by atoms with Gasteiger partial charge in [0.05, 0.1) is 11.7 Å². The average Bonchev–Trinajstić information content (AvgIpc) is 2.22. The van der Waals surface area contributed by atoms with Crippen LogP contribution in [0.5, 0.6) is 0 Å². The van der Waals surface area contributed by atoms with Crippen LogP contribution in [0.25, 0.3) is 0 Å². The van der Waals surface area contributed by atoms with Gasteiger partial charge in [-0.25, -0.2) is 0 Å². The molecule has 4 atom stereocenters. The van der Waals surface area contributed by atoms with Crippen LogP contribution in [-0.4, -0.2) is 28.2 Å². The van der Waals surface area contributed by atoms with Crippen LogP contribution in [-0.2, 0) is 9.53 Å². The summed E-state index contributed by atoms with van der Waals surface area (Å²) >= 11 is 0. The lowest BCUT2D eigenvalue weighted by Crippen LogP contribution is -2.46. The van der Waals surface area contributed by atoms with Crippen molar-refractivity contribution in [3.05, 3.63) is 0 Å². The minimum absolute atomic E-state index is 0.0903. The first-order valence-corrected chi connectivity index (χ1v) is 4.82. The van der Waals surface area contributed by atoms with Gasteiger partial charge in [0.2, 0.25) is 0 Å². The maximum Gasteiger partial charge on any atom is 0.164 e. The van der Waals surface area contributed by atoms with Gasteiger partial charge in [0, 0.05) is 12.3 Å². The molecule has 0 aromatic rings. The van der Waals surface area contributed by atoms with Crippen molar-refractivity contribution in [3.63, 3.8) is 0 Å². The highest BCUT2D eigenvalue weighted by Gasteiger charge is 2.61. The van der Waals surface area contributed by atoms with Crippen LogP contribution >= 0.6 is 0 Å². The summed E-state index contributed by atoms with van der Waals surface area (Å²) in [5, 5.41) is 9.93. The molecule has 0 aliphatic carbocycles.